The number of benzene rings is 1. The van der Waals surface area contributed by atoms with E-state index in [-0.39, 0.29) is 30.0 Å². The summed E-state index contributed by atoms with van der Waals surface area (Å²) in [7, 11) is 1.49. The summed E-state index contributed by atoms with van der Waals surface area (Å²) >= 11 is 5.56. The molecular formula is C15H17ClN2O4. The van der Waals surface area contributed by atoms with Crippen LogP contribution in [0.15, 0.2) is 18.2 Å². The first-order valence-electron chi connectivity index (χ1n) is 6.75. The Bertz CT molecular complexity index is 642. The van der Waals surface area contributed by atoms with Crippen LogP contribution >= 0.6 is 11.6 Å². The molecule has 2 rings (SSSR count). The van der Waals surface area contributed by atoms with E-state index >= 15 is 0 Å². The Morgan fingerprint density at radius 3 is 2.64 bits per heavy atom. The number of alkyl halides is 1. The summed E-state index contributed by atoms with van der Waals surface area (Å²) in [5, 5.41) is 2.48. The predicted molar refractivity (Wildman–Crippen MR) is 82.6 cm³/mol. The highest BCUT2D eigenvalue weighted by atomic mass is 35.5. The number of amides is 2. The lowest BCUT2D eigenvalue weighted by molar-refractivity contribution is -0.134. The average molecular weight is 325 g/mol. The molecule has 0 saturated carbocycles. The van der Waals surface area contributed by atoms with Gasteiger partial charge < -0.3 is 10.1 Å². The third-order valence-electron chi connectivity index (χ3n) is 3.40. The van der Waals surface area contributed by atoms with Gasteiger partial charge in [-0.2, -0.15) is 0 Å². The van der Waals surface area contributed by atoms with Gasteiger partial charge in [-0.25, -0.2) is 0 Å². The molecule has 0 aliphatic carbocycles. The summed E-state index contributed by atoms with van der Waals surface area (Å²) in [6.07, 6.45) is 0. The van der Waals surface area contributed by atoms with Crippen molar-refractivity contribution in [2.45, 2.75) is 19.4 Å². The van der Waals surface area contributed by atoms with Gasteiger partial charge in [0, 0.05) is 12.6 Å². The van der Waals surface area contributed by atoms with Crippen LogP contribution in [0.5, 0.6) is 5.75 Å². The molecule has 0 aromatic heterocycles. The van der Waals surface area contributed by atoms with Gasteiger partial charge in [0.25, 0.3) is 5.91 Å². The van der Waals surface area contributed by atoms with Crippen molar-refractivity contribution in [2.75, 3.05) is 24.4 Å². The zero-order chi connectivity index (χ0) is 16.5. The Hall–Kier alpha value is -2.08. The van der Waals surface area contributed by atoms with Gasteiger partial charge in [0.1, 0.15) is 12.3 Å². The van der Waals surface area contributed by atoms with E-state index in [1.54, 1.807) is 26.0 Å². The minimum Gasteiger partial charge on any atom is -0.476 e. The Kier molecular flexibility index (Phi) is 4.42. The third-order valence-corrected chi connectivity index (χ3v) is 3.64. The fraction of sp³-hybridized carbons (Fsp3) is 0.400. The van der Waals surface area contributed by atoms with Crippen molar-refractivity contribution in [3.8, 4) is 5.75 Å². The smallest absolute Gasteiger partial charge is 0.271 e. The van der Waals surface area contributed by atoms with Crippen LogP contribution in [0.2, 0.25) is 0 Å². The van der Waals surface area contributed by atoms with Crippen molar-refractivity contribution >= 4 is 34.9 Å². The molecule has 1 aliphatic heterocycles. The van der Waals surface area contributed by atoms with Gasteiger partial charge >= 0.3 is 0 Å². The number of anilines is 1. The van der Waals surface area contributed by atoms with Gasteiger partial charge in [0.2, 0.25) is 5.91 Å². The van der Waals surface area contributed by atoms with E-state index in [2.05, 4.69) is 5.32 Å². The van der Waals surface area contributed by atoms with E-state index in [4.69, 9.17) is 16.3 Å². The monoisotopic (exact) mass is 324 g/mol. The number of carbonyl (C=O) groups is 3. The van der Waals surface area contributed by atoms with Crippen LogP contribution in [0.4, 0.5) is 5.69 Å². The SMILES string of the molecule is CNC(=O)CN1C(=O)C(C)(C)Oc2ccc(C(=O)CCl)cc21. The molecule has 0 radical (unpaired) electrons. The molecular weight excluding hydrogens is 308 g/mol. The Morgan fingerprint density at radius 2 is 2.05 bits per heavy atom. The maximum atomic E-state index is 12.5. The number of rotatable bonds is 4. The summed E-state index contributed by atoms with van der Waals surface area (Å²) in [4.78, 5) is 37.3. The molecule has 0 fully saturated rings. The lowest BCUT2D eigenvalue weighted by Crippen LogP contribution is -2.54. The zero-order valence-electron chi connectivity index (χ0n) is 12.6. The number of hydrogen-bond donors (Lipinski definition) is 1. The maximum Gasteiger partial charge on any atom is 0.271 e. The Morgan fingerprint density at radius 1 is 1.36 bits per heavy atom. The molecule has 0 unspecified atom stereocenters. The first-order chi connectivity index (χ1) is 10.3. The summed E-state index contributed by atoms with van der Waals surface area (Å²) in [6, 6.07) is 4.73. The molecule has 2 amide bonds. The molecule has 1 aromatic rings. The number of hydrogen-bond acceptors (Lipinski definition) is 4. The molecule has 0 saturated heterocycles. The molecule has 6 nitrogen and oxygen atoms in total. The second kappa shape index (κ2) is 5.96. The summed E-state index contributed by atoms with van der Waals surface area (Å²) in [5.74, 6) is -0.638. The Balaban J connectivity index is 2.50. The van der Waals surface area contributed by atoms with Crippen molar-refractivity contribution in [3.05, 3.63) is 23.8 Å². The second-order valence-corrected chi connectivity index (χ2v) is 5.68. The first-order valence-corrected chi connectivity index (χ1v) is 7.28. The first kappa shape index (κ1) is 16.3. The van der Waals surface area contributed by atoms with Crippen molar-refractivity contribution in [1.82, 2.24) is 5.32 Å². The minimum absolute atomic E-state index is 0.145. The number of carbonyl (C=O) groups excluding carboxylic acids is 3. The molecule has 0 bridgehead atoms. The van der Waals surface area contributed by atoms with E-state index in [9.17, 15) is 14.4 Å². The largest absolute Gasteiger partial charge is 0.476 e. The van der Waals surface area contributed by atoms with Crippen LogP contribution in [0, 0.1) is 0 Å². The van der Waals surface area contributed by atoms with Crippen molar-refractivity contribution < 1.29 is 19.1 Å². The molecule has 0 atom stereocenters. The second-order valence-electron chi connectivity index (χ2n) is 5.42. The fourth-order valence-corrected chi connectivity index (χ4v) is 2.35. The normalized spacial score (nSPS) is 15.8. The number of ketones is 1. The van der Waals surface area contributed by atoms with Crippen molar-refractivity contribution in [3.63, 3.8) is 0 Å². The average Bonchev–Trinajstić information content (AvgIpc) is 2.50. The zero-order valence-corrected chi connectivity index (χ0v) is 13.4. The van der Waals surface area contributed by atoms with Crippen LogP contribution < -0.4 is 15.0 Å². The van der Waals surface area contributed by atoms with Crippen molar-refractivity contribution in [1.29, 1.82) is 0 Å². The number of nitrogens with zero attached hydrogens (tertiary/aromatic N) is 1. The van der Waals surface area contributed by atoms with E-state index in [0.29, 0.717) is 17.0 Å². The van der Waals surface area contributed by atoms with Gasteiger partial charge in [-0.15, -0.1) is 11.6 Å². The topological polar surface area (TPSA) is 75.7 Å². The van der Waals surface area contributed by atoms with E-state index in [1.807, 2.05) is 0 Å². The lowest BCUT2D eigenvalue weighted by Gasteiger charge is -2.38. The van der Waals surface area contributed by atoms with E-state index < -0.39 is 5.60 Å². The standard InChI is InChI=1S/C15H17ClN2O4/c1-15(2)14(21)18(8-13(20)17-3)10-6-9(11(19)7-16)4-5-12(10)22-15/h4-6H,7-8H2,1-3H3,(H,17,20). The van der Waals surface area contributed by atoms with Crippen LogP contribution in [-0.4, -0.2) is 42.7 Å². The molecule has 1 aliphatic rings. The summed E-state index contributed by atoms with van der Waals surface area (Å²) in [6.45, 7) is 3.12. The highest BCUT2D eigenvalue weighted by Gasteiger charge is 2.41. The highest BCUT2D eigenvalue weighted by Crippen LogP contribution is 2.38. The van der Waals surface area contributed by atoms with E-state index in [1.165, 1.54) is 18.0 Å². The predicted octanol–water partition coefficient (Wildman–Crippen LogP) is 1.36. The summed E-state index contributed by atoms with van der Waals surface area (Å²) in [5.41, 5.74) is -0.324. The van der Waals surface area contributed by atoms with Crippen LogP contribution in [0.1, 0.15) is 24.2 Å². The number of Topliss-reactive ketones (excluding diaryl/α,β-unsaturated/α-hetero) is 1. The van der Waals surface area contributed by atoms with E-state index in [0.717, 1.165) is 0 Å². The molecule has 0 spiro atoms. The van der Waals surface area contributed by atoms with Crippen LogP contribution in [-0.2, 0) is 9.59 Å². The van der Waals surface area contributed by atoms with Crippen LogP contribution in [0.3, 0.4) is 0 Å². The van der Waals surface area contributed by atoms with Crippen molar-refractivity contribution in [2.24, 2.45) is 0 Å². The lowest BCUT2D eigenvalue weighted by atomic mass is 10.0. The quantitative estimate of drug-likeness (QED) is 0.670. The van der Waals surface area contributed by atoms with Gasteiger partial charge in [-0.3, -0.25) is 19.3 Å². The molecule has 1 heterocycles. The van der Waals surface area contributed by atoms with Gasteiger partial charge in [-0.05, 0) is 32.0 Å². The molecule has 22 heavy (non-hydrogen) atoms. The fourth-order valence-electron chi connectivity index (χ4n) is 2.20. The van der Waals surface area contributed by atoms with Crippen LogP contribution in [0.25, 0.3) is 0 Å². The number of ether oxygens (including phenoxy) is 1. The van der Waals surface area contributed by atoms with Gasteiger partial charge in [0.15, 0.2) is 11.4 Å². The molecule has 118 valence electrons. The number of halogens is 1. The maximum absolute atomic E-state index is 12.5. The third kappa shape index (κ3) is 2.92. The highest BCUT2D eigenvalue weighted by molar-refractivity contribution is 6.30. The van der Waals surface area contributed by atoms with Gasteiger partial charge in [0.05, 0.1) is 11.6 Å². The number of fused-ring (bicyclic) bond motifs is 1. The molecule has 1 aromatic carbocycles. The Labute approximate surface area is 133 Å². The minimum atomic E-state index is -1.08. The van der Waals surface area contributed by atoms with Gasteiger partial charge in [-0.1, -0.05) is 0 Å². The molecule has 7 heteroatoms. The number of likely N-dealkylation sites (N-methyl/N-ethyl adjacent to an activating group) is 1. The molecule has 1 N–H and O–H groups in total. The number of nitrogens with one attached hydrogen (secondary N) is 1. The summed E-state index contributed by atoms with van der Waals surface area (Å²) < 4.78 is 5.68.